The molecule has 0 N–H and O–H groups in total. The van der Waals surface area contributed by atoms with Gasteiger partial charge in [-0.3, -0.25) is 14.3 Å². The molecule has 0 atom stereocenters. The molecule has 2 heterocycles. The van der Waals surface area contributed by atoms with Crippen LogP contribution in [0.5, 0.6) is 0 Å². The van der Waals surface area contributed by atoms with Crippen molar-refractivity contribution in [2.45, 2.75) is 19.9 Å². The zero-order chi connectivity index (χ0) is 12.3. The summed E-state index contributed by atoms with van der Waals surface area (Å²) in [7, 11) is 0. The van der Waals surface area contributed by atoms with Crippen molar-refractivity contribution >= 4 is 22.6 Å². The molecule has 0 bridgehead atoms. The number of aromatic nitrogens is 3. The molecule has 0 spiro atoms. The van der Waals surface area contributed by atoms with E-state index in [1.54, 1.807) is 23.2 Å². The van der Waals surface area contributed by atoms with Crippen molar-refractivity contribution in [2.75, 3.05) is 0 Å². The standard InChI is InChI=1S/C12H12IN3O/c1-9-15-8-11(13)12(17)16(9)7-4-10-2-5-14-6-3-10/h2-3,5-6,8H,4,7H2,1H3. The summed E-state index contributed by atoms with van der Waals surface area (Å²) in [6.07, 6.45) is 5.95. The highest BCUT2D eigenvalue weighted by atomic mass is 127. The molecule has 0 aromatic carbocycles. The van der Waals surface area contributed by atoms with Crippen molar-refractivity contribution in [1.29, 1.82) is 0 Å². The van der Waals surface area contributed by atoms with E-state index in [1.165, 1.54) is 5.56 Å². The van der Waals surface area contributed by atoms with Gasteiger partial charge in [-0.1, -0.05) is 0 Å². The minimum Gasteiger partial charge on any atom is -0.296 e. The number of rotatable bonds is 3. The molecule has 17 heavy (non-hydrogen) atoms. The van der Waals surface area contributed by atoms with Gasteiger partial charge in [0.2, 0.25) is 0 Å². The second-order valence-electron chi connectivity index (χ2n) is 3.72. The van der Waals surface area contributed by atoms with Crippen molar-refractivity contribution in [3.8, 4) is 0 Å². The van der Waals surface area contributed by atoms with Crippen LogP contribution in [-0.4, -0.2) is 14.5 Å². The van der Waals surface area contributed by atoms with E-state index in [9.17, 15) is 4.79 Å². The van der Waals surface area contributed by atoms with E-state index in [0.717, 1.165) is 12.2 Å². The van der Waals surface area contributed by atoms with Crippen LogP contribution in [0.2, 0.25) is 0 Å². The summed E-state index contributed by atoms with van der Waals surface area (Å²) in [6.45, 7) is 2.50. The molecule has 0 radical (unpaired) electrons. The lowest BCUT2D eigenvalue weighted by Crippen LogP contribution is -2.26. The lowest BCUT2D eigenvalue weighted by molar-refractivity contribution is 0.626. The Hall–Kier alpha value is -1.24. The van der Waals surface area contributed by atoms with Crippen molar-refractivity contribution in [3.63, 3.8) is 0 Å². The fourth-order valence-electron chi connectivity index (χ4n) is 1.60. The van der Waals surface area contributed by atoms with E-state index < -0.39 is 0 Å². The summed E-state index contributed by atoms with van der Waals surface area (Å²) in [4.78, 5) is 20.1. The molecular weight excluding hydrogens is 329 g/mol. The van der Waals surface area contributed by atoms with Crippen LogP contribution in [0.4, 0.5) is 0 Å². The minimum atomic E-state index is 0.0344. The summed E-state index contributed by atoms with van der Waals surface area (Å²) < 4.78 is 2.37. The molecule has 0 unspecified atom stereocenters. The highest BCUT2D eigenvalue weighted by Crippen LogP contribution is 2.02. The van der Waals surface area contributed by atoms with Gasteiger partial charge >= 0.3 is 0 Å². The van der Waals surface area contributed by atoms with Crippen LogP contribution in [0.15, 0.2) is 35.5 Å². The van der Waals surface area contributed by atoms with E-state index in [1.807, 2.05) is 41.6 Å². The van der Waals surface area contributed by atoms with Gasteiger partial charge in [-0.15, -0.1) is 0 Å². The second kappa shape index (κ2) is 5.39. The predicted molar refractivity (Wildman–Crippen MR) is 73.9 cm³/mol. The molecule has 88 valence electrons. The molecule has 0 saturated carbocycles. The number of hydrogen-bond donors (Lipinski definition) is 0. The third-order valence-corrected chi connectivity index (χ3v) is 3.32. The molecule has 0 aliphatic heterocycles. The van der Waals surface area contributed by atoms with Crippen LogP contribution < -0.4 is 5.56 Å². The Morgan fingerprint density at radius 2 is 2.06 bits per heavy atom. The van der Waals surface area contributed by atoms with Gasteiger partial charge in [0, 0.05) is 25.1 Å². The minimum absolute atomic E-state index is 0.0344. The number of nitrogens with zero attached hydrogens (tertiary/aromatic N) is 3. The third kappa shape index (κ3) is 2.91. The maximum atomic E-state index is 11.9. The van der Waals surface area contributed by atoms with Gasteiger partial charge < -0.3 is 0 Å². The Kier molecular flexibility index (Phi) is 3.88. The Labute approximate surface area is 113 Å². The summed E-state index contributed by atoms with van der Waals surface area (Å²) in [5.41, 5.74) is 1.21. The van der Waals surface area contributed by atoms with E-state index in [0.29, 0.717) is 10.1 Å². The van der Waals surface area contributed by atoms with E-state index in [-0.39, 0.29) is 5.56 Å². The maximum Gasteiger partial charge on any atom is 0.266 e. The van der Waals surface area contributed by atoms with Gasteiger partial charge in [-0.05, 0) is 53.6 Å². The van der Waals surface area contributed by atoms with Crippen LogP contribution in [0.3, 0.4) is 0 Å². The number of aryl methyl sites for hydroxylation is 2. The highest BCUT2D eigenvalue weighted by Gasteiger charge is 2.05. The van der Waals surface area contributed by atoms with Gasteiger partial charge in [0.15, 0.2) is 0 Å². The summed E-state index contributed by atoms with van der Waals surface area (Å²) in [5, 5.41) is 0. The van der Waals surface area contributed by atoms with Crippen molar-refractivity contribution in [1.82, 2.24) is 14.5 Å². The Morgan fingerprint density at radius 1 is 1.35 bits per heavy atom. The third-order valence-electron chi connectivity index (χ3n) is 2.58. The van der Waals surface area contributed by atoms with Crippen LogP contribution in [0.1, 0.15) is 11.4 Å². The van der Waals surface area contributed by atoms with Crippen LogP contribution in [-0.2, 0) is 13.0 Å². The normalized spacial score (nSPS) is 10.5. The number of halogens is 1. The summed E-state index contributed by atoms with van der Waals surface area (Å²) in [5.74, 6) is 0.754. The van der Waals surface area contributed by atoms with Gasteiger partial charge in [-0.25, -0.2) is 4.98 Å². The SMILES string of the molecule is Cc1ncc(I)c(=O)n1CCc1ccncc1. The van der Waals surface area contributed by atoms with E-state index in [4.69, 9.17) is 0 Å². The summed E-state index contributed by atoms with van der Waals surface area (Å²) in [6, 6.07) is 3.92. The first-order valence-electron chi connectivity index (χ1n) is 5.29. The van der Waals surface area contributed by atoms with Gasteiger partial charge in [0.05, 0.1) is 3.57 Å². The topological polar surface area (TPSA) is 47.8 Å². The second-order valence-corrected chi connectivity index (χ2v) is 4.88. The van der Waals surface area contributed by atoms with Crippen molar-refractivity contribution in [2.24, 2.45) is 0 Å². The maximum absolute atomic E-state index is 11.9. The predicted octanol–water partition coefficient (Wildman–Crippen LogP) is 1.79. The number of hydrogen-bond acceptors (Lipinski definition) is 3. The molecule has 2 rings (SSSR count). The molecule has 0 aliphatic rings. The van der Waals surface area contributed by atoms with Crippen LogP contribution in [0, 0.1) is 10.5 Å². The molecule has 4 nitrogen and oxygen atoms in total. The fraction of sp³-hybridized carbons (Fsp3) is 0.250. The molecule has 5 heteroatoms. The quantitative estimate of drug-likeness (QED) is 0.800. The van der Waals surface area contributed by atoms with Crippen LogP contribution in [0.25, 0.3) is 0 Å². The molecule has 0 fully saturated rings. The molecular formula is C12H12IN3O. The van der Waals surface area contributed by atoms with Gasteiger partial charge in [0.1, 0.15) is 5.82 Å². The van der Waals surface area contributed by atoms with Gasteiger partial charge in [0.25, 0.3) is 5.56 Å². The lowest BCUT2D eigenvalue weighted by Gasteiger charge is -2.09. The molecule has 0 aliphatic carbocycles. The van der Waals surface area contributed by atoms with E-state index >= 15 is 0 Å². The Bertz CT molecular complexity index is 566. The fourth-order valence-corrected chi connectivity index (χ4v) is 2.04. The average Bonchev–Trinajstić information content (AvgIpc) is 2.35. The zero-order valence-corrected chi connectivity index (χ0v) is 11.6. The van der Waals surface area contributed by atoms with Gasteiger partial charge in [-0.2, -0.15) is 0 Å². The summed E-state index contributed by atoms with van der Waals surface area (Å²) >= 11 is 2.02. The largest absolute Gasteiger partial charge is 0.296 e. The molecule has 0 saturated heterocycles. The number of pyridine rings is 1. The molecule has 2 aromatic heterocycles. The Balaban J connectivity index is 2.20. The Morgan fingerprint density at radius 3 is 2.76 bits per heavy atom. The zero-order valence-electron chi connectivity index (χ0n) is 9.43. The lowest BCUT2D eigenvalue weighted by atomic mass is 10.2. The monoisotopic (exact) mass is 341 g/mol. The average molecular weight is 341 g/mol. The first-order valence-corrected chi connectivity index (χ1v) is 6.37. The van der Waals surface area contributed by atoms with Crippen molar-refractivity contribution in [3.05, 3.63) is 56.0 Å². The van der Waals surface area contributed by atoms with Crippen LogP contribution >= 0.6 is 22.6 Å². The highest BCUT2D eigenvalue weighted by molar-refractivity contribution is 14.1. The first kappa shape index (κ1) is 12.2. The van der Waals surface area contributed by atoms with Crippen molar-refractivity contribution < 1.29 is 0 Å². The van der Waals surface area contributed by atoms with E-state index in [2.05, 4.69) is 9.97 Å². The molecule has 0 amide bonds. The molecule has 2 aromatic rings. The first-order chi connectivity index (χ1) is 8.18. The smallest absolute Gasteiger partial charge is 0.266 e.